The Morgan fingerprint density at radius 2 is 1.76 bits per heavy atom. The summed E-state index contributed by atoms with van der Waals surface area (Å²) >= 11 is 0. The quantitative estimate of drug-likeness (QED) is 0.509. The lowest BCUT2D eigenvalue weighted by Crippen LogP contribution is -2.51. The van der Waals surface area contributed by atoms with E-state index in [-0.39, 0.29) is 55.5 Å². The summed E-state index contributed by atoms with van der Waals surface area (Å²) < 4.78 is 37.1. The number of carbonyl (C=O) groups is 2. The number of carbonyl (C=O) groups excluding carboxylic acids is 2. The van der Waals surface area contributed by atoms with Gasteiger partial charge in [0.25, 0.3) is 5.91 Å². The van der Waals surface area contributed by atoms with Gasteiger partial charge in [0.1, 0.15) is 5.75 Å². The van der Waals surface area contributed by atoms with Crippen molar-refractivity contribution in [3.05, 3.63) is 36.4 Å². The molecule has 2 aliphatic rings. The zero-order valence-electron chi connectivity index (χ0n) is 16.5. The molecule has 1 atom stereocenters. The van der Waals surface area contributed by atoms with Crippen molar-refractivity contribution < 1.29 is 27.5 Å². The van der Waals surface area contributed by atoms with Gasteiger partial charge in [-0.2, -0.15) is 4.31 Å². The number of esters is 1. The second kappa shape index (κ2) is 9.41. The van der Waals surface area contributed by atoms with E-state index in [9.17, 15) is 18.0 Å². The Morgan fingerprint density at radius 3 is 2.34 bits per heavy atom. The maximum Gasteiger partial charge on any atom is 0.309 e. The third-order valence-electron chi connectivity index (χ3n) is 5.23. The van der Waals surface area contributed by atoms with Crippen LogP contribution in [0.25, 0.3) is 0 Å². The number of allylic oxidation sites excluding steroid dienone is 2. The Bertz CT molecular complexity index is 857. The number of methoxy groups -OCH3 is 1. The van der Waals surface area contributed by atoms with Gasteiger partial charge in [-0.05, 0) is 43.5 Å². The molecule has 8 nitrogen and oxygen atoms in total. The number of benzene rings is 1. The molecule has 1 aliphatic heterocycles. The van der Waals surface area contributed by atoms with Crippen molar-refractivity contribution >= 4 is 21.9 Å². The largest absolute Gasteiger partial charge is 0.497 e. The van der Waals surface area contributed by atoms with Crippen LogP contribution in [0, 0.1) is 5.92 Å². The van der Waals surface area contributed by atoms with E-state index in [1.54, 1.807) is 12.1 Å². The summed E-state index contributed by atoms with van der Waals surface area (Å²) in [5, 5.41) is 0. The van der Waals surface area contributed by atoms with Crippen molar-refractivity contribution in [3.8, 4) is 5.75 Å². The SMILES string of the molecule is COc1ccc(S(=O)(=O)N2CCN(C(=O)COC(=O)[C@@H]3CC=CCC3)CC2)cc1. The highest BCUT2D eigenvalue weighted by Crippen LogP contribution is 2.21. The summed E-state index contributed by atoms with van der Waals surface area (Å²) in [5.41, 5.74) is 0. The Hall–Kier alpha value is -2.39. The molecule has 1 fully saturated rings. The second-order valence-corrected chi connectivity index (χ2v) is 8.99. The molecular formula is C20H26N2O6S. The lowest BCUT2D eigenvalue weighted by atomic mass is 9.95. The third kappa shape index (κ3) is 5.16. The Kier molecular flexibility index (Phi) is 6.92. The number of ether oxygens (including phenoxy) is 2. The molecule has 0 spiro atoms. The molecule has 0 unspecified atom stereocenters. The number of piperazine rings is 1. The van der Waals surface area contributed by atoms with Crippen molar-refractivity contribution in [1.82, 2.24) is 9.21 Å². The lowest BCUT2D eigenvalue weighted by molar-refractivity contribution is -0.156. The van der Waals surface area contributed by atoms with Gasteiger partial charge in [0, 0.05) is 26.2 Å². The molecule has 1 heterocycles. The summed E-state index contributed by atoms with van der Waals surface area (Å²) in [7, 11) is -2.11. The average molecular weight is 423 g/mol. The molecule has 158 valence electrons. The Balaban J connectivity index is 1.49. The van der Waals surface area contributed by atoms with Gasteiger partial charge >= 0.3 is 5.97 Å². The summed E-state index contributed by atoms with van der Waals surface area (Å²) in [4.78, 5) is 26.1. The van der Waals surface area contributed by atoms with Crippen molar-refractivity contribution in [2.45, 2.75) is 24.2 Å². The van der Waals surface area contributed by atoms with Crippen molar-refractivity contribution in [3.63, 3.8) is 0 Å². The highest BCUT2D eigenvalue weighted by atomic mass is 32.2. The second-order valence-electron chi connectivity index (χ2n) is 7.05. The molecule has 29 heavy (non-hydrogen) atoms. The minimum absolute atomic E-state index is 0.181. The molecule has 0 N–H and O–H groups in total. The summed E-state index contributed by atoms with van der Waals surface area (Å²) in [6.07, 6.45) is 6.23. The molecule has 0 bridgehead atoms. The van der Waals surface area contributed by atoms with Crippen LogP contribution in [0.1, 0.15) is 19.3 Å². The van der Waals surface area contributed by atoms with Crippen LogP contribution in [0.4, 0.5) is 0 Å². The zero-order valence-corrected chi connectivity index (χ0v) is 17.3. The van der Waals surface area contributed by atoms with Crippen LogP contribution >= 0.6 is 0 Å². The number of hydrogen-bond donors (Lipinski definition) is 0. The molecule has 1 aromatic carbocycles. The van der Waals surface area contributed by atoms with E-state index in [1.165, 1.54) is 28.4 Å². The van der Waals surface area contributed by atoms with Crippen LogP contribution in [0.15, 0.2) is 41.3 Å². The van der Waals surface area contributed by atoms with Gasteiger partial charge in [-0.1, -0.05) is 12.2 Å². The zero-order chi connectivity index (χ0) is 20.9. The first kappa shape index (κ1) is 21.3. The van der Waals surface area contributed by atoms with Gasteiger partial charge in [-0.15, -0.1) is 0 Å². The van der Waals surface area contributed by atoms with Crippen LogP contribution in [0.5, 0.6) is 5.75 Å². The van der Waals surface area contributed by atoms with Crippen molar-refractivity contribution in [1.29, 1.82) is 0 Å². The molecule has 9 heteroatoms. The third-order valence-corrected chi connectivity index (χ3v) is 7.14. The number of rotatable bonds is 6. The van der Waals surface area contributed by atoms with Gasteiger partial charge < -0.3 is 14.4 Å². The van der Waals surface area contributed by atoms with Crippen LogP contribution in [-0.4, -0.2) is 69.4 Å². The van der Waals surface area contributed by atoms with Crippen molar-refractivity contribution in [2.24, 2.45) is 5.92 Å². The smallest absolute Gasteiger partial charge is 0.309 e. The van der Waals surface area contributed by atoms with Crippen LogP contribution in [-0.2, 0) is 24.3 Å². The van der Waals surface area contributed by atoms with Crippen LogP contribution in [0.2, 0.25) is 0 Å². The predicted octanol–water partition coefficient (Wildman–Crippen LogP) is 1.43. The lowest BCUT2D eigenvalue weighted by Gasteiger charge is -2.34. The monoisotopic (exact) mass is 422 g/mol. The highest BCUT2D eigenvalue weighted by Gasteiger charge is 2.30. The Morgan fingerprint density at radius 1 is 1.07 bits per heavy atom. The molecule has 0 aromatic heterocycles. The topological polar surface area (TPSA) is 93.2 Å². The standard InChI is InChI=1S/C20H26N2O6S/c1-27-17-7-9-18(10-8-17)29(25,26)22-13-11-21(12-14-22)19(23)15-28-20(24)16-5-3-2-4-6-16/h2-3,7-10,16H,4-6,11-15H2,1H3/t16-/m1/s1. The van der Waals surface area contributed by atoms with Crippen LogP contribution in [0.3, 0.4) is 0 Å². The summed E-state index contributed by atoms with van der Waals surface area (Å²) in [5.74, 6) is -0.243. The molecule has 0 saturated carbocycles. The van der Waals surface area contributed by atoms with E-state index < -0.39 is 10.0 Å². The first-order valence-corrected chi connectivity index (χ1v) is 11.1. The van der Waals surface area contributed by atoms with Crippen LogP contribution < -0.4 is 4.74 Å². The molecule has 1 saturated heterocycles. The van der Waals surface area contributed by atoms with Gasteiger partial charge in [-0.25, -0.2) is 8.42 Å². The fourth-order valence-corrected chi connectivity index (χ4v) is 4.85. The molecule has 1 aliphatic carbocycles. The molecule has 1 amide bonds. The van der Waals surface area contributed by atoms with Gasteiger partial charge in [0.2, 0.25) is 10.0 Å². The first-order valence-electron chi connectivity index (χ1n) is 9.65. The Labute approximate surface area is 171 Å². The fraction of sp³-hybridized carbons (Fsp3) is 0.500. The molecule has 0 radical (unpaired) electrons. The number of hydrogen-bond acceptors (Lipinski definition) is 6. The first-order chi connectivity index (χ1) is 13.9. The van der Waals surface area contributed by atoms with E-state index in [0.29, 0.717) is 12.2 Å². The predicted molar refractivity (Wildman–Crippen MR) is 106 cm³/mol. The van der Waals surface area contributed by atoms with Gasteiger partial charge in [-0.3, -0.25) is 9.59 Å². The summed E-state index contributed by atoms with van der Waals surface area (Å²) in [6.45, 7) is 0.614. The number of sulfonamides is 1. The van der Waals surface area contributed by atoms with E-state index in [1.807, 2.05) is 12.2 Å². The van der Waals surface area contributed by atoms with Gasteiger partial charge in [0.15, 0.2) is 6.61 Å². The van der Waals surface area contributed by atoms with E-state index in [2.05, 4.69) is 0 Å². The van der Waals surface area contributed by atoms with Gasteiger partial charge in [0.05, 0.1) is 17.9 Å². The van der Waals surface area contributed by atoms with E-state index in [4.69, 9.17) is 9.47 Å². The van der Waals surface area contributed by atoms with E-state index >= 15 is 0 Å². The fourth-order valence-electron chi connectivity index (χ4n) is 3.42. The maximum absolute atomic E-state index is 12.8. The molecule has 3 rings (SSSR count). The minimum atomic E-state index is -3.63. The van der Waals surface area contributed by atoms with Crippen molar-refractivity contribution in [2.75, 3.05) is 39.9 Å². The average Bonchev–Trinajstić information content (AvgIpc) is 2.78. The maximum atomic E-state index is 12.8. The summed E-state index contributed by atoms with van der Waals surface area (Å²) in [6, 6.07) is 6.21. The molecular weight excluding hydrogens is 396 g/mol. The minimum Gasteiger partial charge on any atom is -0.497 e. The normalized spacial score (nSPS) is 20.3. The highest BCUT2D eigenvalue weighted by molar-refractivity contribution is 7.89. The molecule has 1 aromatic rings. The van der Waals surface area contributed by atoms with E-state index in [0.717, 1.165) is 12.8 Å². The number of nitrogens with zero attached hydrogens (tertiary/aromatic N) is 2. The number of amides is 1.